The molecule has 0 aliphatic heterocycles. The Bertz CT molecular complexity index is 1670. The van der Waals surface area contributed by atoms with Crippen LogP contribution in [0.15, 0.2) is 86.9 Å². The first-order chi connectivity index (χ1) is 17.9. The number of nitrogens with zero attached hydrogens (tertiary/aromatic N) is 2. The zero-order valence-electron chi connectivity index (χ0n) is 21.0. The maximum atomic E-state index is 13.0. The Kier molecular flexibility index (Phi) is 6.65. The van der Waals surface area contributed by atoms with Crippen LogP contribution in [0.1, 0.15) is 23.6 Å². The number of hydrogen-bond acceptors (Lipinski definition) is 7. The van der Waals surface area contributed by atoms with Crippen molar-refractivity contribution in [2.45, 2.75) is 33.7 Å². The highest BCUT2D eigenvalue weighted by molar-refractivity contribution is 5.86. The smallest absolute Gasteiger partial charge is 0.349 e. The van der Waals surface area contributed by atoms with E-state index in [4.69, 9.17) is 13.6 Å². The summed E-state index contributed by atoms with van der Waals surface area (Å²) in [5, 5.41) is 10.3. The molecule has 3 aromatic carbocycles. The largest absolute Gasteiger partial charge is 0.436 e. The van der Waals surface area contributed by atoms with E-state index >= 15 is 0 Å². The minimum atomic E-state index is -1.04. The minimum absolute atomic E-state index is 0.183. The molecular weight excluding hydrogens is 468 g/mol. The van der Waals surface area contributed by atoms with Crippen molar-refractivity contribution in [3.63, 3.8) is 0 Å². The molecular formula is C30H28N2O5. The fraction of sp³-hybridized carbons (Fsp3) is 0.200. The Morgan fingerprint density at radius 2 is 1.89 bits per heavy atom. The molecule has 7 nitrogen and oxygen atoms in total. The van der Waals surface area contributed by atoms with Gasteiger partial charge in [-0.25, -0.2) is 9.78 Å². The predicted octanol–water partition coefficient (Wildman–Crippen LogP) is 6.40. The molecule has 0 radical (unpaired) electrons. The summed E-state index contributed by atoms with van der Waals surface area (Å²) < 4.78 is 16.9. The lowest BCUT2D eigenvalue weighted by atomic mass is 10.1. The number of aliphatic hydroxyl groups excluding tert-OH is 1. The molecule has 0 bridgehead atoms. The van der Waals surface area contributed by atoms with Crippen LogP contribution in [0.4, 0.5) is 11.4 Å². The average molecular weight is 497 g/mol. The summed E-state index contributed by atoms with van der Waals surface area (Å²) in [6.45, 7) is 10.7. The molecule has 2 aromatic heterocycles. The van der Waals surface area contributed by atoms with Crippen LogP contribution >= 0.6 is 0 Å². The first-order valence-electron chi connectivity index (χ1n) is 12.1. The molecule has 0 saturated heterocycles. The van der Waals surface area contributed by atoms with Crippen molar-refractivity contribution in [3.05, 3.63) is 100 Å². The number of hydrogen-bond donors (Lipinski definition) is 1. The summed E-state index contributed by atoms with van der Waals surface area (Å²) in [4.78, 5) is 19.7. The zero-order valence-corrected chi connectivity index (χ0v) is 21.0. The SMILES string of the molecule is C=CC(O)OCc1ccc2oc(-c3cc4ccc(N(CC)c5ccc(C)cc5C)cc4oc3=O)nc2c1. The molecule has 188 valence electrons. The Morgan fingerprint density at radius 3 is 2.65 bits per heavy atom. The van der Waals surface area contributed by atoms with Crippen molar-refractivity contribution < 1.29 is 18.7 Å². The topological polar surface area (TPSA) is 88.9 Å². The van der Waals surface area contributed by atoms with E-state index in [9.17, 15) is 9.90 Å². The normalized spacial score (nSPS) is 12.2. The lowest BCUT2D eigenvalue weighted by molar-refractivity contribution is -0.0730. The van der Waals surface area contributed by atoms with Gasteiger partial charge >= 0.3 is 5.63 Å². The van der Waals surface area contributed by atoms with Crippen molar-refractivity contribution in [2.24, 2.45) is 0 Å². The summed E-state index contributed by atoms with van der Waals surface area (Å²) in [6, 6.07) is 19.3. The van der Waals surface area contributed by atoms with Crippen LogP contribution in [0, 0.1) is 13.8 Å². The van der Waals surface area contributed by atoms with Gasteiger partial charge in [0, 0.05) is 29.4 Å². The van der Waals surface area contributed by atoms with E-state index in [1.165, 1.54) is 17.2 Å². The Labute approximate surface area is 214 Å². The maximum Gasteiger partial charge on any atom is 0.349 e. The van der Waals surface area contributed by atoms with Crippen LogP contribution in [0.5, 0.6) is 0 Å². The monoisotopic (exact) mass is 496 g/mol. The second kappa shape index (κ2) is 10.0. The van der Waals surface area contributed by atoms with Crippen molar-refractivity contribution in [2.75, 3.05) is 11.4 Å². The summed E-state index contributed by atoms with van der Waals surface area (Å²) >= 11 is 0. The lowest BCUT2D eigenvalue weighted by Gasteiger charge is -2.25. The standard InChI is InChI=1S/C30H28N2O5/c1-5-28(33)35-17-20-8-12-26-24(14-20)31-29(36-26)23-15-21-9-10-22(16-27(21)37-30(23)34)32(6-2)25-11-7-18(3)13-19(25)4/h5,7-16,28,33H,1,6,17H2,2-4H3. The quantitative estimate of drug-likeness (QED) is 0.151. The van der Waals surface area contributed by atoms with E-state index < -0.39 is 11.9 Å². The van der Waals surface area contributed by atoms with Crippen molar-refractivity contribution in [3.8, 4) is 11.5 Å². The van der Waals surface area contributed by atoms with Crippen LogP contribution in [0.3, 0.4) is 0 Å². The molecule has 0 saturated carbocycles. The van der Waals surface area contributed by atoms with Crippen LogP contribution < -0.4 is 10.5 Å². The highest BCUT2D eigenvalue weighted by Gasteiger charge is 2.17. The molecule has 1 atom stereocenters. The highest BCUT2D eigenvalue weighted by Crippen LogP contribution is 2.32. The van der Waals surface area contributed by atoms with Gasteiger partial charge in [-0.15, -0.1) is 0 Å². The second-order valence-electron chi connectivity index (χ2n) is 8.96. The molecule has 0 fully saturated rings. The number of oxazole rings is 1. The number of rotatable bonds is 8. The van der Waals surface area contributed by atoms with Gasteiger partial charge in [0.25, 0.3) is 0 Å². The molecule has 1 unspecified atom stereocenters. The number of aromatic nitrogens is 1. The van der Waals surface area contributed by atoms with Gasteiger partial charge in [0.2, 0.25) is 5.89 Å². The molecule has 1 N–H and O–H groups in total. The Balaban J connectivity index is 1.48. The van der Waals surface area contributed by atoms with Gasteiger partial charge in [-0.05, 0) is 74.4 Å². The number of anilines is 2. The third-order valence-corrected chi connectivity index (χ3v) is 6.30. The van der Waals surface area contributed by atoms with Gasteiger partial charge in [-0.1, -0.05) is 30.3 Å². The van der Waals surface area contributed by atoms with Gasteiger partial charge in [0.1, 0.15) is 16.7 Å². The number of aryl methyl sites for hydroxylation is 2. The lowest BCUT2D eigenvalue weighted by Crippen LogP contribution is -2.17. The summed E-state index contributed by atoms with van der Waals surface area (Å²) in [7, 11) is 0. The first-order valence-corrected chi connectivity index (χ1v) is 12.1. The molecule has 0 aliphatic carbocycles. The number of ether oxygens (including phenoxy) is 1. The molecule has 5 rings (SSSR count). The van der Waals surface area contributed by atoms with E-state index in [1.807, 2.05) is 24.3 Å². The fourth-order valence-electron chi connectivity index (χ4n) is 4.44. The predicted molar refractivity (Wildman–Crippen MR) is 145 cm³/mol. The van der Waals surface area contributed by atoms with Gasteiger partial charge in [-0.3, -0.25) is 0 Å². The first kappa shape index (κ1) is 24.5. The summed E-state index contributed by atoms with van der Waals surface area (Å²) in [6.07, 6.45) is 0.259. The van der Waals surface area contributed by atoms with Gasteiger partial charge in [0.15, 0.2) is 11.9 Å². The van der Waals surface area contributed by atoms with Crippen LogP contribution in [0.25, 0.3) is 33.5 Å². The highest BCUT2D eigenvalue weighted by atomic mass is 16.6. The molecule has 7 heteroatoms. The van der Waals surface area contributed by atoms with Gasteiger partial charge in [-0.2, -0.15) is 0 Å². The minimum Gasteiger partial charge on any atom is -0.436 e. The van der Waals surface area contributed by atoms with E-state index in [1.54, 1.807) is 18.2 Å². The van der Waals surface area contributed by atoms with Crippen LogP contribution in [0.2, 0.25) is 0 Å². The number of aliphatic hydroxyl groups is 1. The van der Waals surface area contributed by atoms with E-state index in [-0.39, 0.29) is 18.1 Å². The fourth-order valence-corrected chi connectivity index (χ4v) is 4.44. The molecule has 0 spiro atoms. The molecule has 0 amide bonds. The van der Waals surface area contributed by atoms with Crippen molar-refractivity contribution >= 4 is 33.4 Å². The third kappa shape index (κ3) is 4.91. The maximum absolute atomic E-state index is 13.0. The van der Waals surface area contributed by atoms with Gasteiger partial charge < -0.3 is 23.6 Å². The van der Waals surface area contributed by atoms with Crippen LogP contribution in [-0.2, 0) is 11.3 Å². The van der Waals surface area contributed by atoms with Gasteiger partial charge in [0.05, 0.1) is 6.61 Å². The number of benzene rings is 3. The zero-order chi connectivity index (χ0) is 26.1. The average Bonchev–Trinajstić information content (AvgIpc) is 3.31. The van der Waals surface area contributed by atoms with Crippen molar-refractivity contribution in [1.82, 2.24) is 4.98 Å². The Hall–Kier alpha value is -4.20. The third-order valence-electron chi connectivity index (χ3n) is 6.30. The Morgan fingerprint density at radius 1 is 1.05 bits per heavy atom. The molecule has 2 heterocycles. The number of fused-ring (bicyclic) bond motifs is 2. The molecule has 0 aliphatic rings. The summed E-state index contributed by atoms with van der Waals surface area (Å²) in [5.74, 6) is 0.185. The van der Waals surface area contributed by atoms with Crippen LogP contribution in [-0.4, -0.2) is 22.9 Å². The second-order valence-corrected chi connectivity index (χ2v) is 8.96. The van der Waals surface area contributed by atoms with E-state index in [2.05, 4.69) is 55.4 Å². The van der Waals surface area contributed by atoms with Crippen molar-refractivity contribution in [1.29, 1.82) is 0 Å². The molecule has 37 heavy (non-hydrogen) atoms. The summed E-state index contributed by atoms with van der Waals surface area (Å²) in [5.41, 5.74) is 6.57. The van der Waals surface area contributed by atoms with E-state index in [0.717, 1.165) is 28.9 Å². The van der Waals surface area contributed by atoms with E-state index in [0.29, 0.717) is 16.7 Å². The molecule has 5 aromatic rings.